The summed E-state index contributed by atoms with van der Waals surface area (Å²) in [4.78, 5) is 26.2. The smallest absolute Gasteiger partial charge is 0.244 e. The van der Waals surface area contributed by atoms with Gasteiger partial charge in [-0.15, -0.1) is 11.3 Å². The van der Waals surface area contributed by atoms with Crippen molar-refractivity contribution in [3.63, 3.8) is 0 Å². The number of hydrogen-bond acceptors (Lipinski definition) is 5. The lowest BCUT2D eigenvalue weighted by Crippen LogP contribution is -2.37. The number of carbonyl (C=O) groups excluding carboxylic acids is 1. The Balaban J connectivity index is 1.79. The maximum absolute atomic E-state index is 12.3. The molecule has 2 aromatic heterocycles. The van der Waals surface area contributed by atoms with Gasteiger partial charge >= 0.3 is 0 Å². The predicted octanol–water partition coefficient (Wildman–Crippen LogP) is 3.34. The van der Waals surface area contributed by atoms with Gasteiger partial charge in [0.15, 0.2) is 0 Å². The predicted molar refractivity (Wildman–Crippen MR) is 97.8 cm³/mol. The zero-order valence-corrected chi connectivity index (χ0v) is 15.4. The molecule has 128 valence electrons. The minimum absolute atomic E-state index is 0.0684. The second-order valence-corrected chi connectivity index (χ2v) is 8.28. The van der Waals surface area contributed by atoms with Crippen molar-refractivity contribution in [1.29, 1.82) is 0 Å². The van der Waals surface area contributed by atoms with Gasteiger partial charge in [-0.25, -0.2) is 9.97 Å². The minimum Gasteiger partial charge on any atom is -0.358 e. The number of anilines is 1. The number of aromatic nitrogens is 2. The molecular weight excluding hydrogens is 320 g/mol. The summed E-state index contributed by atoms with van der Waals surface area (Å²) in [5.41, 5.74) is 1.41. The van der Waals surface area contributed by atoms with Gasteiger partial charge in [-0.1, -0.05) is 0 Å². The van der Waals surface area contributed by atoms with Crippen molar-refractivity contribution >= 4 is 33.3 Å². The van der Waals surface area contributed by atoms with Crippen LogP contribution in [0.1, 0.15) is 54.8 Å². The molecule has 0 bridgehead atoms. The molecule has 2 aromatic rings. The monoisotopic (exact) mass is 344 g/mol. The van der Waals surface area contributed by atoms with Gasteiger partial charge in [0.05, 0.1) is 5.39 Å². The van der Waals surface area contributed by atoms with Crippen LogP contribution in [0.4, 0.5) is 5.82 Å². The molecule has 0 radical (unpaired) electrons. The summed E-state index contributed by atoms with van der Waals surface area (Å²) in [7, 11) is 3.58. The lowest BCUT2D eigenvalue weighted by atomic mass is 9.97. The summed E-state index contributed by atoms with van der Waals surface area (Å²) in [5.74, 6) is 2.39. The molecule has 2 aliphatic carbocycles. The van der Waals surface area contributed by atoms with Crippen LogP contribution in [0.3, 0.4) is 0 Å². The van der Waals surface area contributed by atoms with Crippen LogP contribution in [-0.2, 0) is 17.6 Å². The summed E-state index contributed by atoms with van der Waals surface area (Å²) >= 11 is 1.83. The van der Waals surface area contributed by atoms with E-state index in [-0.39, 0.29) is 11.9 Å². The van der Waals surface area contributed by atoms with Gasteiger partial charge in [0.1, 0.15) is 22.5 Å². The fourth-order valence-electron chi connectivity index (χ4n) is 3.46. The van der Waals surface area contributed by atoms with Crippen LogP contribution in [0.2, 0.25) is 0 Å². The van der Waals surface area contributed by atoms with E-state index in [1.165, 1.54) is 36.1 Å². The molecule has 0 spiro atoms. The maximum atomic E-state index is 12.3. The Kier molecular flexibility index (Phi) is 3.95. The van der Waals surface area contributed by atoms with Gasteiger partial charge in [-0.3, -0.25) is 4.79 Å². The first kappa shape index (κ1) is 15.8. The number of carbonyl (C=O) groups is 1. The number of likely N-dealkylation sites (N-methyl/N-ethyl adjacent to an activating group) is 1. The average molecular weight is 344 g/mol. The van der Waals surface area contributed by atoms with E-state index in [2.05, 4.69) is 5.32 Å². The van der Waals surface area contributed by atoms with E-state index in [0.717, 1.165) is 34.7 Å². The van der Waals surface area contributed by atoms with Gasteiger partial charge in [0.2, 0.25) is 5.91 Å². The molecule has 24 heavy (non-hydrogen) atoms. The van der Waals surface area contributed by atoms with Crippen molar-refractivity contribution in [1.82, 2.24) is 14.9 Å². The largest absolute Gasteiger partial charge is 0.358 e. The van der Waals surface area contributed by atoms with Crippen LogP contribution in [0.5, 0.6) is 0 Å². The Hall–Kier alpha value is -1.69. The fourth-order valence-corrected chi connectivity index (χ4v) is 4.72. The van der Waals surface area contributed by atoms with Crippen molar-refractivity contribution in [3.8, 4) is 0 Å². The van der Waals surface area contributed by atoms with Crippen LogP contribution in [0.15, 0.2) is 0 Å². The molecule has 4 rings (SSSR count). The van der Waals surface area contributed by atoms with Gasteiger partial charge in [-0.2, -0.15) is 0 Å². The Morgan fingerprint density at radius 1 is 1.25 bits per heavy atom. The summed E-state index contributed by atoms with van der Waals surface area (Å²) in [6.45, 7) is 1.91. The zero-order chi connectivity index (χ0) is 16.8. The second kappa shape index (κ2) is 5.99. The molecule has 5 nitrogen and oxygen atoms in total. The number of fused-ring (bicyclic) bond motifs is 3. The van der Waals surface area contributed by atoms with E-state index in [1.807, 2.05) is 18.3 Å². The van der Waals surface area contributed by atoms with E-state index in [4.69, 9.17) is 9.97 Å². The van der Waals surface area contributed by atoms with Crippen molar-refractivity contribution in [2.75, 3.05) is 19.4 Å². The Labute approximate surface area is 146 Å². The molecule has 0 aromatic carbocycles. The highest BCUT2D eigenvalue weighted by atomic mass is 32.1. The average Bonchev–Trinajstić information content (AvgIpc) is 3.34. The summed E-state index contributed by atoms with van der Waals surface area (Å²) in [5, 5.41) is 4.55. The number of aryl methyl sites for hydroxylation is 2. The number of thiophene rings is 1. The van der Waals surface area contributed by atoms with Crippen LogP contribution >= 0.6 is 11.3 Å². The van der Waals surface area contributed by atoms with E-state index in [9.17, 15) is 4.79 Å². The highest BCUT2D eigenvalue weighted by Crippen LogP contribution is 2.43. The SMILES string of the molecule is C[C@@H](Nc1nc(C2CC2)nc2sc3c(c12)CCCC3)C(=O)N(C)C. The van der Waals surface area contributed by atoms with Gasteiger partial charge < -0.3 is 10.2 Å². The lowest BCUT2D eigenvalue weighted by Gasteiger charge is -2.20. The first-order valence-corrected chi connectivity index (χ1v) is 9.66. The quantitative estimate of drug-likeness (QED) is 0.924. The Bertz CT molecular complexity index is 794. The lowest BCUT2D eigenvalue weighted by molar-refractivity contribution is -0.129. The number of nitrogens with zero attached hydrogens (tertiary/aromatic N) is 3. The van der Waals surface area contributed by atoms with E-state index in [0.29, 0.717) is 5.92 Å². The molecule has 1 N–H and O–H groups in total. The highest BCUT2D eigenvalue weighted by Gasteiger charge is 2.30. The topological polar surface area (TPSA) is 58.1 Å². The molecule has 1 fully saturated rings. The number of hydrogen-bond donors (Lipinski definition) is 1. The third-order valence-corrected chi connectivity index (χ3v) is 6.12. The zero-order valence-electron chi connectivity index (χ0n) is 14.6. The van der Waals surface area contributed by atoms with E-state index >= 15 is 0 Å². The molecule has 1 saturated carbocycles. The summed E-state index contributed by atoms with van der Waals surface area (Å²) in [6, 6.07) is -0.288. The van der Waals surface area contributed by atoms with Crippen molar-refractivity contribution < 1.29 is 4.79 Å². The molecule has 2 aliphatic rings. The van der Waals surface area contributed by atoms with Crippen molar-refractivity contribution in [2.24, 2.45) is 0 Å². The number of amides is 1. The minimum atomic E-state index is -0.288. The third kappa shape index (κ3) is 2.77. The highest BCUT2D eigenvalue weighted by molar-refractivity contribution is 7.19. The summed E-state index contributed by atoms with van der Waals surface area (Å²) < 4.78 is 0. The Morgan fingerprint density at radius 3 is 2.71 bits per heavy atom. The molecule has 1 atom stereocenters. The summed E-state index contributed by atoms with van der Waals surface area (Å²) in [6.07, 6.45) is 7.12. The van der Waals surface area contributed by atoms with Gasteiger partial charge in [0, 0.05) is 24.9 Å². The van der Waals surface area contributed by atoms with Crippen LogP contribution in [-0.4, -0.2) is 40.9 Å². The van der Waals surface area contributed by atoms with Crippen LogP contribution in [0.25, 0.3) is 10.2 Å². The number of rotatable bonds is 4. The second-order valence-electron chi connectivity index (χ2n) is 7.19. The molecule has 6 heteroatoms. The van der Waals surface area contributed by atoms with Crippen LogP contribution in [0, 0.1) is 0 Å². The molecular formula is C18H24N4OS. The van der Waals surface area contributed by atoms with E-state index in [1.54, 1.807) is 19.0 Å². The van der Waals surface area contributed by atoms with E-state index < -0.39 is 0 Å². The van der Waals surface area contributed by atoms with Gasteiger partial charge in [-0.05, 0) is 51.0 Å². The van der Waals surface area contributed by atoms with Crippen molar-refractivity contribution in [3.05, 3.63) is 16.3 Å². The molecule has 0 unspecified atom stereocenters. The Morgan fingerprint density at radius 2 is 2.00 bits per heavy atom. The normalized spacial score (nSPS) is 18.3. The van der Waals surface area contributed by atoms with Crippen LogP contribution < -0.4 is 5.32 Å². The molecule has 2 heterocycles. The molecule has 1 amide bonds. The fraction of sp³-hybridized carbons (Fsp3) is 0.611. The maximum Gasteiger partial charge on any atom is 0.244 e. The first-order chi connectivity index (χ1) is 11.5. The number of nitrogens with one attached hydrogen (secondary N) is 1. The van der Waals surface area contributed by atoms with Gasteiger partial charge in [0.25, 0.3) is 0 Å². The molecule has 0 saturated heterocycles. The standard InChI is InChI=1S/C18H24N4OS/c1-10(18(23)22(2)3)19-16-14-12-6-4-5-7-13(12)24-17(14)21-15(20-16)11-8-9-11/h10-11H,4-9H2,1-3H3,(H,19,20,21)/t10-/m1/s1. The van der Waals surface area contributed by atoms with Crippen molar-refractivity contribution in [2.45, 2.75) is 57.4 Å². The third-order valence-electron chi connectivity index (χ3n) is 4.94. The molecule has 0 aliphatic heterocycles. The first-order valence-electron chi connectivity index (χ1n) is 8.84.